The second-order valence-electron chi connectivity index (χ2n) is 9.78. The van der Waals surface area contributed by atoms with Gasteiger partial charge in [-0.2, -0.15) is 0 Å². The number of anilines is 1. The number of nitrogens with one attached hydrogen (secondary N) is 1. The lowest BCUT2D eigenvalue weighted by Crippen LogP contribution is -2.38. The van der Waals surface area contributed by atoms with Gasteiger partial charge >= 0.3 is 12.0 Å². The Morgan fingerprint density at radius 2 is 1.87 bits per heavy atom. The van der Waals surface area contributed by atoms with Crippen LogP contribution < -0.4 is 15.0 Å². The van der Waals surface area contributed by atoms with Crippen LogP contribution in [-0.4, -0.2) is 75.1 Å². The molecule has 0 unspecified atom stereocenters. The summed E-state index contributed by atoms with van der Waals surface area (Å²) < 4.78 is 11.7. The van der Waals surface area contributed by atoms with Crippen LogP contribution in [0.1, 0.15) is 51.0 Å². The molecule has 8 nitrogen and oxygen atoms in total. The number of hydrogen-bond donors (Lipinski definition) is 2. The molecule has 0 atom stereocenters. The normalized spacial score (nSPS) is 13.7. The molecule has 0 aromatic heterocycles. The Balaban J connectivity index is 1.70. The lowest BCUT2D eigenvalue weighted by Gasteiger charge is -2.26. The number of amides is 2. The third kappa shape index (κ3) is 9.65. The van der Waals surface area contributed by atoms with Crippen LogP contribution in [0.3, 0.4) is 0 Å². The van der Waals surface area contributed by atoms with Crippen LogP contribution in [0.2, 0.25) is 0 Å². The molecule has 208 valence electrons. The maximum absolute atomic E-state index is 12.7. The van der Waals surface area contributed by atoms with E-state index in [0.29, 0.717) is 19.6 Å². The molecule has 1 saturated heterocycles. The molecule has 2 N–H and O–H groups in total. The van der Waals surface area contributed by atoms with Gasteiger partial charge in [0.25, 0.3) is 0 Å². The number of urea groups is 1. The van der Waals surface area contributed by atoms with Crippen LogP contribution in [-0.2, 0) is 16.0 Å². The van der Waals surface area contributed by atoms with Crippen LogP contribution >= 0.6 is 0 Å². The predicted octanol–water partition coefficient (Wildman–Crippen LogP) is 5.20. The molecule has 0 saturated carbocycles. The fourth-order valence-electron chi connectivity index (χ4n) is 4.48. The van der Waals surface area contributed by atoms with Crippen molar-refractivity contribution < 1.29 is 24.2 Å². The molecule has 1 fully saturated rings. The number of carboxylic acids is 1. The number of benzene rings is 2. The first-order valence-electron chi connectivity index (χ1n) is 13.9. The number of morpholine rings is 1. The first kappa shape index (κ1) is 29.5. The van der Waals surface area contributed by atoms with Crippen molar-refractivity contribution in [3.63, 3.8) is 0 Å². The van der Waals surface area contributed by atoms with Crippen molar-refractivity contribution in [1.29, 1.82) is 0 Å². The fourth-order valence-corrected chi connectivity index (χ4v) is 4.48. The largest absolute Gasteiger partial charge is 0.492 e. The monoisotopic (exact) mass is 525 g/mol. The number of carbonyl (C=O) groups excluding carboxylic acids is 1. The Bertz CT molecular complexity index is 1020. The Kier molecular flexibility index (Phi) is 12.4. The number of aryl methyl sites for hydroxylation is 1. The van der Waals surface area contributed by atoms with E-state index in [4.69, 9.17) is 14.6 Å². The molecule has 38 heavy (non-hydrogen) atoms. The van der Waals surface area contributed by atoms with E-state index in [-0.39, 0.29) is 12.5 Å². The topological polar surface area (TPSA) is 91.3 Å². The molecule has 1 aliphatic rings. The second kappa shape index (κ2) is 16.0. The number of unbranched alkanes of at least 4 members (excludes halogenated alkanes) is 4. The smallest absolute Gasteiger partial charge is 0.321 e. The maximum Gasteiger partial charge on any atom is 0.321 e. The van der Waals surface area contributed by atoms with Gasteiger partial charge in [0.1, 0.15) is 12.4 Å². The predicted molar refractivity (Wildman–Crippen MR) is 151 cm³/mol. The van der Waals surface area contributed by atoms with Crippen molar-refractivity contribution in [2.45, 2.75) is 51.9 Å². The van der Waals surface area contributed by atoms with E-state index in [1.54, 1.807) is 11.9 Å². The molecule has 0 spiro atoms. The van der Waals surface area contributed by atoms with E-state index in [1.807, 2.05) is 42.5 Å². The van der Waals surface area contributed by atoms with E-state index in [1.165, 1.54) is 19.3 Å². The van der Waals surface area contributed by atoms with Gasteiger partial charge in [-0.25, -0.2) is 4.79 Å². The van der Waals surface area contributed by atoms with Gasteiger partial charge in [0.2, 0.25) is 0 Å². The third-order valence-corrected chi connectivity index (χ3v) is 6.85. The summed E-state index contributed by atoms with van der Waals surface area (Å²) in [7, 11) is 1.78. The first-order chi connectivity index (χ1) is 18.5. The average Bonchev–Trinajstić information content (AvgIpc) is 2.94. The summed E-state index contributed by atoms with van der Waals surface area (Å²) in [6, 6.07) is 13.6. The van der Waals surface area contributed by atoms with Gasteiger partial charge in [-0.1, -0.05) is 56.9 Å². The van der Waals surface area contributed by atoms with Crippen LogP contribution in [0.5, 0.6) is 5.75 Å². The summed E-state index contributed by atoms with van der Waals surface area (Å²) in [6.45, 7) is 7.45. The highest BCUT2D eigenvalue weighted by molar-refractivity contribution is 5.92. The standard InChI is InChI=1S/C30H43N3O5/c1-3-4-5-6-7-15-31-30(36)32(2)26-10-8-9-25(23-26)27-13-11-24(12-14-29(34)35)22-28(27)38-21-18-33-16-19-37-20-17-33/h8-11,13,22-23H,3-7,12,14-21H2,1-2H3,(H,31,36)(H,34,35). The van der Waals surface area contributed by atoms with Crippen molar-refractivity contribution in [3.05, 3.63) is 48.0 Å². The molecule has 1 heterocycles. The highest BCUT2D eigenvalue weighted by Gasteiger charge is 2.15. The highest BCUT2D eigenvalue weighted by atomic mass is 16.5. The number of ether oxygens (including phenoxy) is 2. The zero-order chi connectivity index (χ0) is 27.2. The van der Waals surface area contributed by atoms with Gasteiger partial charge in [-0.05, 0) is 42.2 Å². The van der Waals surface area contributed by atoms with E-state index in [9.17, 15) is 9.59 Å². The Hall–Kier alpha value is -3.10. The summed E-state index contributed by atoms with van der Waals surface area (Å²) >= 11 is 0. The number of carbonyl (C=O) groups is 2. The SMILES string of the molecule is CCCCCCCNC(=O)N(C)c1cccc(-c2ccc(CCC(=O)O)cc2OCCN2CCOCC2)c1. The van der Waals surface area contributed by atoms with Gasteiger partial charge in [0.05, 0.1) is 13.2 Å². The molecule has 1 aliphatic heterocycles. The molecule has 3 rings (SSSR count). The minimum absolute atomic E-state index is 0.0700. The first-order valence-corrected chi connectivity index (χ1v) is 13.9. The van der Waals surface area contributed by atoms with Crippen molar-refractivity contribution in [2.75, 3.05) is 57.9 Å². The fraction of sp³-hybridized carbons (Fsp3) is 0.533. The molecule has 8 heteroatoms. The van der Waals surface area contributed by atoms with Crippen molar-refractivity contribution >= 4 is 17.7 Å². The summed E-state index contributed by atoms with van der Waals surface area (Å²) in [5, 5.41) is 12.1. The van der Waals surface area contributed by atoms with Gasteiger partial charge in [-0.15, -0.1) is 0 Å². The molecule has 2 aromatic rings. The molecule has 2 aromatic carbocycles. The second-order valence-corrected chi connectivity index (χ2v) is 9.78. The number of aliphatic carboxylic acids is 1. The summed E-state index contributed by atoms with van der Waals surface area (Å²) in [5.74, 6) is -0.101. The van der Waals surface area contributed by atoms with Gasteiger partial charge in [-0.3, -0.25) is 14.6 Å². The average molecular weight is 526 g/mol. The van der Waals surface area contributed by atoms with E-state index >= 15 is 0 Å². The van der Waals surface area contributed by atoms with E-state index in [2.05, 4.69) is 17.1 Å². The summed E-state index contributed by atoms with van der Waals surface area (Å²) in [5.41, 5.74) is 3.56. The van der Waals surface area contributed by atoms with Gasteiger partial charge in [0.15, 0.2) is 0 Å². The zero-order valence-corrected chi connectivity index (χ0v) is 22.9. The molecule has 2 amide bonds. The quantitative estimate of drug-likeness (QED) is 0.311. The van der Waals surface area contributed by atoms with Crippen molar-refractivity contribution in [1.82, 2.24) is 10.2 Å². The lowest BCUT2D eigenvalue weighted by molar-refractivity contribution is -0.136. The molecule has 0 aliphatic carbocycles. The molecule has 0 bridgehead atoms. The molecular weight excluding hydrogens is 482 g/mol. The third-order valence-electron chi connectivity index (χ3n) is 6.85. The Morgan fingerprint density at radius 1 is 1.08 bits per heavy atom. The number of carboxylic acid groups (broad SMARTS) is 1. The van der Waals surface area contributed by atoms with Gasteiger partial charge in [0, 0.05) is 50.9 Å². The number of hydrogen-bond acceptors (Lipinski definition) is 5. The Labute approximate surface area is 226 Å². The molecule has 0 radical (unpaired) electrons. The minimum Gasteiger partial charge on any atom is -0.492 e. The van der Waals surface area contributed by atoms with Crippen molar-refractivity contribution in [2.24, 2.45) is 0 Å². The van der Waals surface area contributed by atoms with E-state index < -0.39 is 5.97 Å². The van der Waals surface area contributed by atoms with Crippen molar-refractivity contribution in [3.8, 4) is 16.9 Å². The van der Waals surface area contributed by atoms with Gasteiger partial charge < -0.3 is 19.9 Å². The number of rotatable bonds is 15. The highest BCUT2D eigenvalue weighted by Crippen LogP contribution is 2.33. The minimum atomic E-state index is -0.821. The summed E-state index contributed by atoms with van der Waals surface area (Å²) in [4.78, 5) is 27.8. The number of nitrogens with zero attached hydrogens (tertiary/aromatic N) is 2. The Morgan fingerprint density at radius 3 is 2.63 bits per heavy atom. The summed E-state index contributed by atoms with van der Waals surface area (Å²) in [6.07, 6.45) is 6.27. The zero-order valence-electron chi connectivity index (χ0n) is 22.9. The van der Waals surface area contributed by atoms with E-state index in [0.717, 1.165) is 73.8 Å². The molecular formula is C30H43N3O5. The van der Waals surface area contributed by atoms with Crippen LogP contribution in [0.15, 0.2) is 42.5 Å². The van der Waals surface area contributed by atoms with Crippen LogP contribution in [0.25, 0.3) is 11.1 Å². The van der Waals surface area contributed by atoms with Crippen LogP contribution in [0, 0.1) is 0 Å². The maximum atomic E-state index is 12.7. The van der Waals surface area contributed by atoms with Crippen LogP contribution in [0.4, 0.5) is 10.5 Å². The lowest BCUT2D eigenvalue weighted by atomic mass is 10.00.